The van der Waals surface area contributed by atoms with Crippen molar-refractivity contribution in [1.82, 2.24) is 20.4 Å². The third kappa shape index (κ3) is 6.59. The van der Waals surface area contributed by atoms with Crippen molar-refractivity contribution in [2.75, 3.05) is 52.9 Å². The number of carbonyl (C=O) groups is 1. The number of piperazine rings is 1. The van der Waals surface area contributed by atoms with E-state index in [2.05, 4.69) is 50.8 Å². The minimum absolute atomic E-state index is 0.0385. The van der Waals surface area contributed by atoms with Crippen LogP contribution in [0.5, 0.6) is 0 Å². The van der Waals surface area contributed by atoms with Crippen LogP contribution in [0, 0.1) is 5.92 Å². The third-order valence-corrected chi connectivity index (χ3v) is 4.62. The standard InChI is InChI=1S/C19H32N4O/c1-17(15-20-2)19(24)21-9-6-10-22-11-13-23(14-12-22)16-18-7-4-3-5-8-18/h3-5,7-8,17,20H,6,9-16H2,1-2H3,(H,21,24). The van der Waals surface area contributed by atoms with E-state index in [-0.39, 0.29) is 11.8 Å². The van der Waals surface area contributed by atoms with Gasteiger partial charge >= 0.3 is 0 Å². The van der Waals surface area contributed by atoms with Crippen LogP contribution in [-0.4, -0.2) is 68.6 Å². The Balaban J connectivity index is 1.56. The van der Waals surface area contributed by atoms with Crippen molar-refractivity contribution >= 4 is 5.91 Å². The maximum Gasteiger partial charge on any atom is 0.224 e. The minimum Gasteiger partial charge on any atom is -0.356 e. The molecule has 1 amide bonds. The summed E-state index contributed by atoms with van der Waals surface area (Å²) >= 11 is 0. The number of amides is 1. The zero-order valence-corrected chi connectivity index (χ0v) is 15.1. The summed E-state index contributed by atoms with van der Waals surface area (Å²) < 4.78 is 0. The molecule has 1 atom stereocenters. The van der Waals surface area contributed by atoms with Crippen LogP contribution in [0.2, 0.25) is 0 Å². The van der Waals surface area contributed by atoms with Gasteiger partial charge in [0.25, 0.3) is 0 Å². The van der Waals surface area contributed by atoms with Crippen molar-refractivity contribution < 1.29 is 4.79 Å². The molecule has 2 N–H and O–H groups in total. The average molecular weight is 332 g/mol. The van der Waals surface area contributed by atoms with Crippen LogP contribution in [0.25, 0.3) is 0 Å². The molecule has 1 fully saturated rings. The smallest absolute Gasteiger partial charge is 0.224 e. The molecule has 0 bridgehead atoms. The first kappa shape index (κ1) is 18.9. The van der Waals surface area contributed by atoms with Crippen molar-refractivity contribution in [1.29, 1.82) is 0 Å². The molecule has 2 rings (SSSR count). The van der Waals surface area contributed by atoms with Crippen molar-refractivity contribution in [3.05, 3.63) is 35.9 Å². The molecule has 0 aromatic heterocycles. The lowest BCUT2D eigenvalue weighted by atomic mass is 10.1. The van der Waals surface area contributed by atoms with E-state index in [1.807, 2.05) is 14.0 Å². The predicted molar refractivity (Wildman–Crippen MR) is 98.9 cm³/mol. The fourth-order valence-electron chi connectivity index (χ4n) is 3.10. The van der Waals surface area contributed by atoms with E-state index in [9.17, 15) is 4.79 Å². The van der Waals surface area contributed by atoms with Crippen LogP contribution in [0.4, 0.5) is 0 Å². The molecule has 5 nitrogen and oxygen atoms in total. The quantitative estimate of drug-likeness (QED) is 0.667. The highest BCUT2D eigenvalue weighted by atomic mass is 16.1. The lowest BCUT2D eigenvalue weighted by Gasteiger charge is -2.34. The molecule has 0 saturated carbocycles. The van der Waals surface area contributed by atoms with Gasteiger partial charge in [0.1, 0.15) is 0 Å². The second-order valence-electron chi connectivity index (χ2n) is 6.71. The first-order valence-corrected chi connectivity index (χ1v) is 9.10. The van der Waals surface area contributed by atoms with E-state index in [0.717, 1.165) is 58.8 Å². The average Bonchev–Trinajstić information content (AvgIpc) is 2.61. The van der Waals surface area contributed by atoms with Crippen LogP contribution in [-0.2, 0) is 11.3 Å². The number of nitrogens with one attached hydrogen (secondary N) is 2. The summed E-state index contributed by atoms with van der Waals surface area (Å²) in [5, 5.41) is 6.07. The molecule has 1 saturated heterocycles. The molecule has 0 radical (unpaired) electrons. The van der Waals surface area contributed by atoms with Gasteiger partial charge in [-0.25, -0.2) is 0 Å². The van der Waals surface area contributed by atoms with Gasteiger partial charge in [0.15, 0.2) is 0 Å². The van der Waals surface area contributed by atoms with Gasteiger partial charge in [0.2, 0.25) is 5.91 Å². The molecule has 1 aliphatic heterocycles. The van der Waals surface area contributed by atoms with E-state index in [0.29, 0.717) is 0 Å². The van der Waals surface area contributed by atoms with Gasteiger partial charge < -0.3 is 15.5 Å². The monoisotopic (exact) mass is 332 g/mol. The van der Waals surface area contributed by atoms with Crippen LogP contribution in [0.1, 0.15) is 18.9 Å². The van der Waals surface area contributed by atoms with E-state index in [4.69, 9.17) is 0 Å². The van der Waals surface area contributed by atoms with Gasteiger partial charge in [-0.3, -0.25) is 9.69 Å². The summed E-state index contributed by atoms with van der Waals surface area (Å²) in [5.41, 5.74) is 1.39. The molecule has 5 heteroatoms. The van der Waals surface area contributed by atoms with E-state index in [1.165, 1.54) is 5.56 Å². The first-order chi connectivity index (χ1) is 11.7. The molecule has 0 aliphatic carbocycles. The Kier molecular flexibility index (Phi) is 8.22. The van der Waals surface area contributed by atoms with E-state index < -0.39 is 0 Å². The highest BCUT2D eigenvalue weighted by Gasteiger charge is 2.16. The van der Waals surface area contributed by atoms with Crippen LogP contribution >= 0.6 is 0 Å². The normalized spacial score (nSPS) is 17.6. The number of hydrogen-bond donors (Lipinski definition) is 2. The molecule has 1 aromatic rings. The van der Waals surface area contributed by atoms with E-state index in [1.54, 1.807) is 0 Å². The summed E-state index contributed by atoms with van der Waals surface area (Å²) in [6.45, 7) is 10.1. The van der Waals surface area contributed by atoms with Gasteiger partial charge in [-0.05, 0) is 25.6 Å². The number of nitrogens with zero attached hydrogens (tertiary/aromatic N) is 2. The molecule has 1 heterocycles. The van der Waals surface area contributed by atoms with Crippen molar-refractivity contribution in [2.45, 2.75) is 19.9 Å². The third-order valence-electron chi connectivity index (χ3n) is 4.62. The van der Waals surface area contributed by atoms with Gasteiger partial charge in [0.05, 0.1) is 0 Å². The second-order valence-corrected chi connectivity index (χ2v) is 6.71. The summed E-state index contributed by atoms with van der Waals surface area (Å²) in [5.74, 6) is 0.188. The molecular weight excluding hydrogens is 300 g/mol. The number of rotatable bonds is 9. The van der Waals surface area contributed by atoms with Crippen LogP contribution in [0.3, 0.4) is 0 Å². The number of hydrogen-bond acceptors (Lipinski definition) is 4. The van der Waals surface area contributed by atoms with Gasteiger partial charge in [-0.15, -0.1) is 0 Å². The lowest BCUT2D eigenvalue weighted by molar-refractivity contribution is -0.124. The topological polar surface area (TPSA) is 47.6 Å². The summed E-state index contributed by atoms with van der Waals surface area (Å²) in [7, 11) is 1.88. The summed E-state index contributed by atoms with van der Waals surface area (Å²) in [6.07, 6.45) is 1.02. The van der Waals surface area contributed by atoms with Crippen LogP contribution in [0.15, 0.2) is 30.3 Å². The Labute approximate surface area is 146 Å². The maximum absolute atomic E-state index is 11.8. The zero-order chi connectivity index (χ0) is 17.2. The fraction of sp³-hybridized carbons (Fsp3) is 0.632. The van der Waals surface area contributed by atoms with Crippen molar-refractivity contribution in [2.24, 2.45) is 5.92 Å². The lowest BCUT2D eigenvalue weighted by Crippen LogP contribution is -2.46. The molecule has 1 aliphatic rings. The highest BCUT2D eigenvalue weighted by molar-refractivity contribution is 5.78. The Morgan fingerprint density at radius 3 is 2.46 bits per heavy atom. The van der Waals surface area contributed by atoms with Gasteiger partial charge in [-0.2, -0.15) is 0 Å². The molecule has 1 unspecified atom stereocenters. The second kappa shape index (κ2) is 10.4. The van der Waals surface area contributed by atoms with Crippen molar-refractivity contribution in [3.63, 3.8) is 0 Å². The Morgan fingerprint density at radius 2 is 1.79 bits per heavy atom. The number of carbonyl (C=O) groups excluding carboxylic acids is 1. The maximum atomic E-state index is 11.8. The summed E-state index contributed by atoms with van der Waals surface area (Å²) in [4.78, 5) is 16.9. The minimum atomic E-state index is 0.0385. The molecule has 24 heavy (non-hydrogen) atoms. The first-order valence-electron chi connectivity index (χ1n) is 9.10. The van der Waals surface area contributed by atoms with Crippen molar-refractivity contribution in [3.8, 4) is 0 Å². The van der Waals surface area contributed by atoms with E-state index >= 15 is 0 Å². The summed E-state index contributed by atoms with van der Waals surface area (Å²) in [6, 6.07) is 10.7. The Hall–Kier alpha value is -1.43. The van der Waals surface area contributed by atoms with Crippen LogP contribution < -0.4 is 10.6 Å². The molecule has 1 aromatic carbocycles. The predicted octanol–water partition coefficient (Wildman–Crippen LogP) is 1.17. The highest BCUT2D eigenvalue weighted by Crippen LogP contribution is 2.08. The molecule has 134 valence electrons. The Morgan fingerprint density at radius 1 is 1.12 bits per heavy atom. The number of benzene rings is 1. The van der Waals surface area contributed by atoms with Gasteiger partial charge in [-0.1, -0.05) is 37.3 Å². The fourth-order valence-corrected chi connectivity index (χ4v) is 3.10. The molecular formula is C19H32N4O. The zero-order valence-electron chi connectivity index (χ0n) is 15.1. The SMILES string of the molecule is CNCC(C)C(=O)NCCCN1CCN(Cc2ccccc2)CC1. The molecule has 0 spiro atoms. The van der Waals surface area contributed by atoms with Gasteiger partial charge in [0, 0.05) is 51.7 Å². The largest absolute Gasteiger partial charge is 0.356 e. The Bertz CT molecular complexity index is 472.